The molecule has 9 heteroatoms. The highest BCUT2D eigenvalue weighted by atomic mass is 19.4. The molecule has 22 heavy (non-hydrogen) atoms. The predicted molar refractivity (Wildman–Crippen MR) is 63.6 cm³/mol. The van der Waals surface area contributed by atoms with Crippen molar-refractivity contribution >= 4 is 0 Å². The van der Waals surface area contributed by atoms with Gasteiger partial charge in [-0.05, 0) is 11.6 Å². The Labute approximate surface area is 120 Å². The fourth-order valence-corrected chi connectivity index (χ4v) is 1.94. The fraction of sp³-hybridized carbons (Fsp3) is 0.308. The highest BCUT2D eigenvalue weighted by Gasteiger charge is 2.45. The van der Waals surface area contributed by atoms with Crippen LogP contribution in [0.15, 0.2) is 41.1 Å². The van der Waals surface area contributed by atoms with Gasteiger partial charge in [0.15, 0.2) is 0 Å². The number of nitrogens with zero attached hydrogens (tertiary/aromatic N) is 1. The van der Waals surface area contributed by atoms with Gasteiger partial charge in [-0.2, -0.15) is 26.3 Å². The van der Waals surface area contributed by atoms with Crippen LogP contribution in [-0.4, -0.2) is 11.3 Å². The van der Waals surface area contributed by atoms with E-state index >= 15 is 0 Å². The smallest absolute Gasteiger partial charge is 0.364 e. The van der Waals surface area contributed by atoms with Crippen molar-refractivity contribution in [2.75, 3.05) is 0 Å². The SMILES string of the molecule is FC(F)(F)c1ccccc1[C@@H](NCc1ccon1)C(F)(F)F. The maximum absolute atomic E-state index is 13.1. The molecule has 120 valence electrons. The Hall–Kier alpha value is -2.03. The summed E-state index contributed by atoms with van der Waals surface area (Å²) in [5, 5.41) is 5.45. The molecule has 0 spiro atoms. The summed E-state index contributed by atoms with van der Waals surface area (Å²) in [5.41, 5.74) is -2.06. The summed E-state index contributed by atoms with van der Waals surface area (Å²) in [6.07, 6.45) is -8.62. The molecule has 2 aromatic rings. The van der Waals surface area contributed by atoms with Gasteiger partial charge >= 0.3 is 12.4 Å². The van der Waals surface area contributed by atoms with Gasteiger partial charge in [-0.15, -0.1) is 0 Å². The number of benzene rings is 1. The molecule has 0 aliphatic rings. The highest BCUT2D eigenvalue weighted by molar-refractivity contribution is 5.33. The summed E-state index contributed by atoms with van der Waals surface area (Å²) in [6, 6.07) is 2.43. The number of nitrogens with one attached hydrogen (secondary N) is 1. The van der Waals surface area contributed by atoms with Gasteiger partial charge in [0.1, 0.15) is 12.3 Å². The second-order valence-electron chi connectivity index (χ2n) is 4.43. The van der Waals surface area contributed by atoms with Crippen LogP contribution in [0.4, 0.5) is 26.3 Å². The molecule has 0 aliphatic carbocycles. The topological polar surface area (TPSA) is 38.1 Å². The molecule has 1 atom stereocenters. The van der Waals surface area contributed by atoms with Crippen LogP contribution >= 0.6 is 0 Å². The first kappa shape index (κ1) is 16.3. The number of rotatable bonds is 4. The molecule has 1 N–H and O–H groups in total. The molecular weight excluding hydrogens is 314 g/mol. The predicted octanol–water partition coefficient (Wildman–Crippen LogP) is 4.09. The van der Waals surface area contributed by atoms with Crippen molar-refractivity contribution in [2.24, 2.45) is 0 Å². The third-order valence-corrected chi connectivity index (χ3v) is 2.88. The summed E-state index contributed by atoms with van der Waals surface area (Å²) in [4.78, 5) is 0. The summed E-state index contributed by atoms with van der Waals surface area (Å²) in [5.74, 6) is 0. The third-order valence-electron chi connectivity index (χ3n) is 2.88. The van der Waals surface area contributed by atoms with E-state index in [4.69, 9.17) is 0 Å². The average Bonchev–Trinajstić information content (AvgIpc) is 2.90. The Morgan fingerprint density at radius 3 is 2.27 bits per heavy atom. The van der Waals surface area contributed by atoms with E-state index in [1.165, 1.54) is 6.07 Å². The maximum Gasteiger partial charge on any atom is 0.416 e. The van der Waals surface area contributed by atoms with Crippen LogP contribution in [0, 0.1) is 0 Å². The molecule has 0 fully saturated rings. The lowest BCUT2D eigenvalue weighted by molar-refractivity contribution is -0.163. The van der Waals surface area contributed by atoms with Crippen LogP contribution in [0.25, 0.3) is 0 Å². The third kappa shape index (κ3) is 3.79. The number of aromatic nitrogens is 1. The van der Waals surface area contributed by atoms with Crippen molar-refractivity contribution in [2.45, 2.75) is 24.9 Å². The molecule has 0 bridgehead atoms. The first-order valence-electron chi connectivity index (χ1n) is 6.05. The summed E-state index contributed by atoms with van der Waals surface area (Å²) >= 11 is 0. The molecule has 1 aromatic heterocycles. The number of hydrogen-bond donors (Lipinski definition) is 1. The van der Waals surface area contributed by atoms with Crippen LogP contribution in [0.5, 0.6) is 0 Å². The van der Waals surface area contributed by atoms with E-state index in [9.17, 15) is 26.3 Å². The Balaban J connectivity index is 2.34. The van der Waals surface area contributed by atoms with Gasteiger partial charge in [0.2, 0.25) is 0 Å². The van der Waals surface area contributed by atoms with Crippen molar-refractivity contribution in [3.63, 3.8) is 0 Å². The molecule has 3 nitrogen and oxygen atoms in total. The van der Waals surface area contributed by atoms with Crippen LogP contribution in [0.3, 0.4) is 0 Å². The van der Waals surface area contributed by atoms with Crippen molar-refractivity contribution < 1.29 is 30.9 Å². The van der Waals surface area contributed by atoms with E-state index in [1.807, 2.05) is 5.32 Å². The van der Waals surface area contributed by atoms with Crippen LogP contribution in [0.1, 0.15) is 22.9 Å². The standard InChI is InChI=1S/C13H10F6N2O/c14-12(15,16)10-4-2-1-3-9(10)11(13(17,18)19)20-7-8-5-6-22-21-8/h1-6,11,20H,7H2/t11-/m1/s1. The molecule has 0 amide bonds. The largest absolute Gasteiger partial charge is 0.416 e. The zero-order chi connectivity index (χ0) is 16.4. The van der Waals surface area contributed by atoms with Crippen molar-refractivity contribution in [1.82, 2.24) is 10.5 Å². The quantitative estimate of drug-likeness (QED) is 0.861. The van der Waals surface area contributed by atoms with Gasteiger partial charge in [0.25, 0.3) is 0 Å². The van der Waals surface area contributed by atoms with Gasteiger partial charge in [-0.25, -0.2) is 0 Å². The fourth-order valence-electron chi connectivity index (χ4n) is 1.94. The zero-order valence-corrected chi connectivity index (χ0v) is 10.9. The Morgan fingerprint density at radius 1 is 1.05 bits per heavy atom. The van der Waals surface area contributed by atoms with E-state index in [0.29, 0.717) is 6.07 Å². The molecule has 0 saturated carbocycles. The lowest BCUT2D eigenvalue weighted by Gasteiger charge is -2.24. The van der Waals surface area contributed by atoms with Crippen molar-refractivity contribution in [3.8, 4) is 0 Å². The minimum atomic E-state index is -4.90. The minimum absolute atomic E-state index is 0.152. The Kier molecular flexibility index (Phi) is 4.45. The highest BCUT2D eigenvalue weighted by Crippen LogP contribution is 2.40. The van der Waals surface area contributed by atoms with Crippen molar-refractivity contribution in [3.05, 3.63) is 53.4 Å². The number of alkyl halides is 6. The minimum Gasteiger partial charge on any atom is -0.364 e. The lowest BCUT2D eigenvalue weighted by Crippen LogP contribution is -2.35. The summed E-state index contributed by atoms with van der Waals surface area (Å²) in [6.45, 7) is -0.382. The number of hydrogen-bond acceptors (Lipinski definition) is 3. The van der Waals surface area contributed by atoms with Gasteiger partial charge in [-0.1, -0.05) is 23.4 Å². The zero-order valence-electron chi connectivity index (χ0n) is 10.9. The van der Waals surface area contributed by atoms with Gasteiger partial charge in [0, 0.05) is 12.6 Å². The molecule has 0 saturated heterocycles. The van der Waals surface area contributed by atoms with E-state index in [0.717, 1.165) is 24.5 Å². The molecule has 0 aliphatic heterocycles. The summed E-state index contributed by atoms with van der Waals surface area (Å²) in [7, 11) is 0. The Morgan fingerprint density at radius 2 is 1.73 bits per heavy atom. The Bertz CT molecular complexity index is 606. The molecule has 0 radical (unpaired) electrons. The normalized spacial score (nSPS) is 14.1. The van der Waals surface area contributed by atoms with E-state index in [-0.39, 0.29) is 12.2 Å². The molecule has 0 unspecified atom stereocenters. The van der Waals surface area contributed by atoms with Gasteiger partial charge in [-0.3, -0.25) is 5.32 Å². The first-order chi connectivity index (χ1) is 10.2. The lowest BCUT2D eigenvalue weighted by atomic mass is 9.99. The first-order valence-corrected chi connectivity index (χ1v) is 6.05. The molecule has 2 rings (SSSR count). The van der Waals surface area contributed by atoms with Crippen LogP contribution < -0.4 is 5.32 Å². The molecule has 1 heterocycles. The van der Waals surface area contributed by atoms with Crippen molar-refractivity contribution in [1.29, 1.82) is 0 Å². The van der Waals surface area contributed by atoms with Crippen LogP contribution in [0.2, 0.25) is 0 Å². The average molecular weight is 324 g/mol. The second kappa shape index (κ2) is 5.99. The summed E-state index contributed by atoms with van der Waals surface area (Å²) < 4.78 is 82.5. The van der Waals surface area contributed by atoms with E-state index < -0.39 is 29.5 Å². The van der Waals surface area contributed by atoms with Crippen LogP contribution in [-0.2, 0) is 12.7 Å². The van der Waals surface area contributed by atoms with Gasteiger partial charge in [0.05, 0.1) is 11.3 Å². The maximum atomic E-state index is 13.1. The number of halogens is 6. The van der Waals surface area contributed by atoms with E-state index in [1.54, 1.807) is 0 Å². The van der Waals surface area contributed by atoms with Gasteiger partial charge < -0.3 is 4.52 Å². The molecule has 1 aromatic carbocycles. The second-order valence-corrected chi connectivity index (χ2v) is 4.43. The monoisotopic (exact) mass is 324 g/mol. The molecular formula is C13H10F6N2O. The van der Waals surface area contributed by atoms with E-state index in [2.05, 4.69) is 9.68 Å².